The van der Waals surface area contributed by atoms with E-state index in [0.29, 0.717) is 19.8 Å². The summed E-state index contributed by atoms with van der Waals surface area (Å²) >= 11 is 0. The molecular weight excluding hydrogens is 292 g/mol. The van der Waals surface area contributed by atoms with Gasteiger partial charge < -0.3 is 29.2 Å². The maximum atomic E-state index is 10.9. The Labute approximate surface area is 131 Å². The van der Waals surface area contributed by atoms with E-state index in [1.165, 1.54) is 0 Å². The highest BCUT2D eigenvalue weighted by molar-refractivity contribution is 5.81. The normalized spacial score (nSPS) is 11.4. The second kappa shape index (κ2) is 13.7. The van der Waals surface area contributed by atoms with E-state index in [1.54, 1.807) is 0 Å². The van der Waals surface area contributed by atoms with Crippen molar-refractivity contribution >= 4 is 5.97 Å². The van der Waals surface area contributed by atoms with Gasteiger partial charge in [-0.2, -0.15) is 0 Å². The van der Waals surface area contributed by atoms with Crippen molar-refractivity contribution in [1.82, 2.24) is 0 Å². The maximum absolute atomic E-state index is 10.9. The molecule has 0 spiro atoms. The molecule has 0 rings (SSSR count). The van der Waals surface area contributed by atoms with Crippen molar-refractivity contribution < 1.29 is 34.0 Å². The van der Waals surface area contributed by atoms with Gasteiger partial charge in [0.1, 0.15) is 6.61 Å². The first kappa shape index (κ1) is 21.0. The molecular formula is C15H28O7. The molecule has 0 saturated carbocycles. The molecule has 0 saturated heterocycles. The molecule has 0 heterocycles. The van der Waals surface area contributed by atoms with E-state index in [2.05, 4.69) is 6.58 Å². The number of ether oxygens (including phenoxy) is 4. The highest BCUT2D eigenvalue weighted by Crippen LogP contribution is 2.24. The number of carbonyl (C=O) groups is 1. The van der Waals surface area contributed by atoms with Gasteiger partial charge in [-0.1, -0.05) is 13.5 Å². The van der Waals surface area contributed by atoms with Crippen LogP contribution in [0.2, 0.25) is 0 Å². The molecule has 130 valence electrons. The summed E-state index contributed by atoms with van der Waals surface area (Å²) < 4.78 is 21.2. The van der Waals surface area contributed by atoms with Crippen LogP contribution in [0.4, 0.5) is 0 Å². The highest BCUT2D eigenvalue weighted by atomic mass is 16.6. The van der Waals surface area contributed by atoms with Crippen LogP contribution in [0.5, 0.6) is 0 Å². The van der Waals surface area contributed by atoms with Gasteiger partial charge in [-0.15, -0.1) is 0 Å². The standard InChI is InChI=1S/C15H28O7/c1-3-14(18)22-10-9-21-13-15(4-2,11-19-7-5-16)12-20-8-6-17/h3,16-17H,1,4-13H2,2H3. The van der Waals surface area contributed by atoms with Crippen LogP contribution in [0.25, 0.3) is 0 Å². The smallest absolute Gasteiger partial charge is 0.330 e. The SMILES string of the molecule is C=CC(=O)OCCOCC(CC)(COCCO)COCCO. The Kier molecular flexibility index (Phi) is 13.0. The number of carbonyl (C=O) groups excluding carboxylic acids is 1. The van der Waals surface area contributed by atoms with Crippen LogP contribution < -0.4 is 0 Å². The lowest BCUT2D eigenvalue weighted by molar-refractivity contribution is -0.140. The fourth-order valence-corrected chi connectivity index (χ4v) is 1.69. The Morgan fingerprint density at radius 3 is 1.91 bits per heavy atom. The molecule has 7 nitrogen and oxygen atoms in total. The van der Waals surface area contributed by atoms with E-state index >= 15 is 0 Å². The van der Waals surface area contributed by atoms with Crippen molar-refractivity contribution in [3.05, 3.63) is 12.7 Å². The summed E-state index contributed by atoms with van der Waals surface area (Å²) in [5.74, 6) is -0.483. The highest BCUT2D eigenvalue weighted by Gasteiger charge is 2.29. The van der Waals surface area contributed by atoms with Crippen LogP contribution in [0, 0.1) is 5.41 Å². The summed E-state index contributed by atoms with van der Waals surface area (Å²) in [4.78, 5) is 10.9. The molecule has 0 bridgehead atoms. The van der Waals surface area contributed by atoms with Gasteiger partial charge in [-0.3, -0.25) is 0 Å². The van der Waals surface area contributed by atoms with Crippen molar-refractivity contribution in [3.8, 4) is 0 Å². The minimum absolute atomic E-state index is 0.0460. The summed E-state index contributed by atoms with van der Waals surface area (Å²) in [5, 5.41) is 17.6. The zero-order valence-electron chi connectivity index (χ0n) is 13.3. The Hall–Kier alpha value is -0.990. The van der Waals surface area contributed by atoms with E-state index < -0.39 is 5.97 Å². The molecule has 0 aliphatic heterocycles. The zero-order valence-corrected chi connectivity index (χ0v) is 13.3. The fourth-order valence-electron chi connectivity index (χ4n) is 1.69. The molecule has 0 unspecified atom stereocenters. The van der Waals surface area contributed by atoms with Crippen molar-refractivity contribution in [2.45, 2.75) is 13.3 Å². The summed E-state index contributed by atoms with van der Waals surface area (Å²) in [5.41, 5.74) is -0.368. The van der Waals surface area contributed by atoms with Crippen LogP contribution >= 0.6 is 0 Å². The van der Waals surface area contributed by atoms with Crippen LogP contribution in [-0.2, 0) is 23.7 Å². The van der Waals surface area contributed by atoms with Crippen molar-refractivity contribution in [3.63, 3.8) is 0 Å². The fraction of sp³-hybridized carbons (Fsp3) is 0.800. The van der Waals surface area contributed by atoms with Gasteiger partial charge in [0, 0.05) is 11.5 Å². The number of hydrogen-bond donors (Lipinski definition) is 2. The monoisotopic (exact) mass is 320 g/mol. The van der Waals surface area contributed by atoms with Gasteiger partial charge in [-0.05, 0) is 6.42 Å². The number of rotatable bonds is 15. The first-order valence-corrected chi connectivity index (χ1v) is 7.38. The largest absolute Gasteiger partial charge is 0.460 e. The molecule has 0 aliphatic rings. The number of esters is 1. The molecule has 0 aromatic carbocycles. The molecule has 0 amide bonds. The number of hydrogen-bond acceptors (Lipinski definition) is 7. The van der Waals surface area contributed by atoms with Crippen LogP contribution in [0.1, 0.15) is 13.3 Å². The molecule has 0 aliphatic carbocycles. The topological polar surface area (TPSA) is 94.5 Å². The van der Waals surface area contributed by atoms with Gasteiger partial charge in [0.25, 0.3) is 0 Å². The minimum Gasteiger partial charge on any atom is -0.460 e. The Bertz CT molecular complexity index is 284. The molecule has 22 heavy (non-hydrogen) atoms. The second-order valence-electron chi connectivity index (χ2n) is 4.83. The van der Waals surface area contributed by atoms with Crippen molar-refractivity contribution in [1.29, 1.82) is 0 Å². The Morgan fingerprint density at radius 1 is 1.00 bits per heavy atom. The lowest BCUT2D eigenvalue weighted by atomic mass is 9.88. The van der Waals surface area contributed by atoms with Gasteiger partial charge in [0.2, 0.25) is 0 Å². The predicted molar refractivity (Wildman–Crippen MR) is 80.5 cm³/mol. The average Bonchev–Trinajstić information content (AvgIpc) is 2.54. The lowest BCUT2D eigenvalue weighted by Gasteiger charge is -2.32. The van der Waals surface area contributed by atoms with Crippen molar-refractivity contribution in [2.75, 3.05) is 59.5 Å². The third kappa shape index (κ3) is 9.86. The predicted octanol–water partition coefficient (Wildman–Crippen LogP) is 0.146. The van der Waals surface area contributed by atoms with Gasteiger partial charge in [0.15, 0.2) is 0 Å². The molecule has 0 fully saturated rings. The van der Waals surface area contributed by atoms with Gasteiger partial charge >= 0.3 is 5.97 Å². The third-order valence-corrected chi connectivity index (χ3v) is 3.08. The van der Waals surface area contributed by atoms with E-state index in [1.807, 2.05) is 6.92 Å². The lowest BCUT2D eigenvalue weighted by Crippen LogP contribution is -2.38. The molecule has 0 radical (unpaired) electrons. The minimum atomic E-state index is -0.483. The number of aliphatic hydroxyl groups is 2. The summed E-state index contributed by atoms with van der Waals surface area (Å²) in [6, 6.07) is 0. The summed E-state index contributed by atoms with van der Waals surface area (Å²) in [6.45, 7) is 7.24. The van der Waals surface area contributed by atoms with E-state index in [4.69, 9.17) is 29.2 Å². The molecule has 0 aromatic heterocycles. The maximum Gasteiger partial charge on any atom is 0.330 e. The van der Waals surface area contributed by atoms with Crippen LogP contribution in [0.3, 0.4) is 0 Å². The molecule has 2 N–H and O–H groups in total. The Balaban J connectivity index is 4.23. The van der Waals surface area contributed by atoms with Gasteiger partial charge in [0.05, 0.1) is 52.9 Å². The van der Waals surface area contributed by atoms with E-state index in [9.17, 15) is 4.79 Å². The Morgan fingerprint density at radius 2 is 1.50 bits per heavy atom. The quantitative estimate of drug-likeness (QED) is 0.252. The first-order valence-electron chi connectivity index (χ1n) is 7.38. The summed E-state index contributed by atoms with van der Waals surface area (Å²) in [7, 11) is 0. The third-order valence-electron chi connectivity index (χ3n) is 3.08. The van der Waals surface area contributed by atoms with E-state index in [0.717, 1.165) is 12.5 Å². The number of aliphatic hydroxyl groups excluding tert-OH is 2. The molecule has 0 aromatic rings. The molecule has 0 atom stereocenters. The first-order chi connectivity index (χ1) is 10.6. The second-order valence-corrected chi connectivity index (χ2v) is 4.83. The van der Waals surface area contributed by atoms with Gasteiger partial charge in [-0.25, -0.2) is 4.79 Å². The van der Waals surface area contributed by atoms with Crippen molar-refractivity contribution in [2.24, 2.45) is 5.41 Å². The average molecular weight is 320 g/mol. The van der Waals surface area contributed by atoms with Crippen LogP contribution in [0.15, 0.2) is 12.7 Å². The van der Waals surface area contributed by atoms with Crippen LogP contribution in [-0.4, -0.2) is 75.6 Å². The summed E-state index contributed by atoms with van der Waals surface area (Å²) in [6.07, 6.45) is 1.85. The molecule has 7 heteroatoms. The zero-order chi connectivity index (χ0) is 16.7. The van der Waals surface area contributed by atoms with E-state index in [-0.39, 0.29) is 45.1 Å².